The third-order valence-electron chi connectivity index (χ3n) is 3.29. The van der Waals surface area contributed by atoms with Gasteiger partial charge < -0.3 is 10.3 Å². The summed E-state index contributed by atoms with van der Waals surface area (Å²) in [6.07, 6.45) is 2.04. The summed E-state index contributed by atoms with van der Waals surface area (Å²) in [4.78, 5) is 3.25. The van der Waals surface area contributed by atoms with Gasteiger partial charge in [0, 0.05) is 39.7 Å². The van der Waals surface area contributed by atoms with Gasteiger partial charge in [0.15, 0.2) is 0 Å². The monoisotopic (exact) mass is 348 g/mol. The molecule has 1 heterocycles. The summed E-state index contributed by atoms with van der Waals surface area (Å²) in [5, 5.41) is 5.44. The number of halogens is 2. The van der Waals surface area contributed by atoms with Crippen molar-refractivity contribution >= 4 is 38.4 Å². The first-order valence-corrected chi connectivity index (χ1v) is 7.60. The zero-order chi connectivity index (χ0) is 13.9. The highest BCUT2D eigenvalue weighted by atomic mass is 79.9. The lowest BCUT2D eigenvalue weighted by molar-refractivity contribution is 0.696. The van der Waals surface area contributed by atoms with Crippen LogP contribution >= 0.6 is 27.5 Å². The number of hydrogen-bond donors (Lipinski definition) is 2. The minimum Gasteiger partial charge on any atom is -0.361 e. The van der Waals surface area contributed by atoms with Crippen LogP contribution in [-0.4, -0.2) is 4.98 Å². The molecule has 0 bridgehead atoms. The van der Waals surface area contributed by atoms with Crippen LogP contribution in [0.5, 0.6) is 0 Å². The molecule has 0 spiro atoms. The molecule has 0 fully saturated rings. The van der Waals surface area contributed by atoms with Gasteiger partial charge in [-0.1, -0.05) is 45.7 Å². The van der Waals surface area contributed by atoms with Crippen LogP contribution in [0, 0.1) is 0 Å². The van der Waals surface area contributed by atoms with Gasteiger partial charge in [-0.05, 0) is 35.4 Å². The second kappa shape index (κ2) is 6.00. The third-order valence-corrected chi connectivity index (χ3v) is 4.05. The van der Waals surface area contributed by atoms with Gasteiger partial charge in [-0.25, -0.2) is 0 Å². The van der Waals surface area contributed by atoms with Crippen molar-refractivity contribution in [2.75, 3.05) is 0 Å². The van der Waals surface area contributed by atoms with Crippen LogP contribution in [0.25, 0.3) is 10.9 Å². The quantitative estimate of drug-likeness (QED) is 0.690. The van der Waals surface area contributed by atoms with Crippen LogP contribution in [0.3, 0.4) is 0 Å². The van der Waals surface area contributed by atoms with Crippen molar-refractivity contribution in [1.82, 2.24) is 10.3 Å². The van der Waals surface area contributed by atoms with E-state index in [1.165, 1.54) is 16.5 Å². The highest BCUT2D eigenvalue weighted by Gasteiger charge is 2.03. The molecule has 2 aromatic carbocycles. The Labute approximate surface area is 131 Å². The van der Waals surface area contributed by atoms with E-state index in [0.717, 1.165) is 28.1 Å². The van der Waals surface area contributed by atoms with Gasteiger partial charge in [-0.3, -0.25) is 0 Å². The predicted octanol–water partition coefficient (Wildman–Crippen LogP) is 4.87. The summed E-state index contributed by atoms with van der Waals surface area (Å²) < 4.78 is 1.11. The van der Waals surface area contributed by atoms with Gasteiger partial charge in [0.25, 0.3) is 0 Å². The third kappa shape index (κ3) is 3.06. The smallest absolute Gasteiger partial charge is 0.0472 e. The standard InChI is InChI=1S/C16H14BrClN2/c17-13-3-1-11(2-4-13)8-19-9-12-10-20-16-7-14(18)5-6-15(12)16/h1-7,10,19-20H,8-9H2. The van der Waals surface area contributed by atoms with Crippen LogP contribution in [0.15, 0.2) is 53.1 Å². The van der Waals surface area contributed by atoms with E-state index >= 15 is 0 Å². The molecule has 3 aromatic rings. The summed E-state index contributed by atoms with van der Waals surface area (Å²) in [5.41, 5.74) is 3.61. The number of aromatic nitrogens is 1. The van der Waals surface area contributed by atoms with Crippen molar-refractivity contribution in [3.8, 4) is 0 Å². The summed E-state index contributed by atoms with van der Waals surface area (Å²) in [5.74, 6) is 0. The maximum absolute atomic E-state index is 5.99. The van der Waals surface area contributed by atoms with Crippen LogP contribution in [-0.2, 0) is 13.1 Å². The van der Waals surface area contributed by atoms with Crippen molar-refractivity contribution in [3.05, 3.63) is 69.3 Å². The fourth-order valence-corrected chi connectivity index (χ4v) is 2.68. The Balaban J connectivity index is 1.66. The molecule has 0 aliphatic carbocycles. The Kier molecular flexibility index (Phi) is 4.10. The van der Waals surface area contributed by atoms with Gasteiger partial charge in [0.1, 0.15) is 0 Å². The van der Waals surface area contributed by atoms with E-state index < -0.39 is 0 Å². The predicted molar refractivity (Wildman–Crippen MR) is 88.0 cm³/mol. The van der Waals surface area contributed by atoms with Crippen molar-refractivity contribution in [1.29, 1.82) is 0 Å². The van der Waals surface area contributed by atoms with E-state index in [1.54, 1.807) is 0 Å². The Morgan fingerprint density at radius 2 is 1.85 bits per heavy atom. The van der Waals surface area contributed by atoms with Crippen molar-refractivity contribution in [2.24, 2.45) is 0 Å². The van der Waals surface area contributed by atoms with Crippen LogP contribution in [0.4, 0.5) is 0 Å². The Morgan fingerprint density at radius 3 is 2.65 bits per heavy atom. The van der Waals surface area contributed by atoms with E-state index in [0.29, 0.717) is 0 Å². The Morgan fingerprint density at radius 1 is 1.05 bits per heavy atom. The molecule has 2 N–H and O–H groups in total. The molecule has 0 saturated heterocycles. The summed E-state index contributed by atoms with van der Waals surface area (Å²) in [6.45, 7) is 1.69. The average Bonchev–Trinajstić information content (AvgIpc) is 2.83. The van der Waals surface area contributed by atoms with Gasteiger partial charge in [0.05, 0.1) is 0 Å². The Hall–Kier alpha value is -1.29. The fourth-order valence-electron chi connectivity index (χ4n) is 2.25. The SMILES string of the molecule is Clc1ccc2c(CNCc3ccc(Br)cc3)c[nH]c2c1. The number of H-pyrrole nitrogens is 1. The molecular formula is C16H14BrClN2. The maximum Gasteiger partial charge on any atom is 0.0472 e. The number of rotatable bonds is 4. The summed E-state index contributed by atoms with van der Waals surface area (Å²) >= 11 is 9.43. The maximum atomic E-state index is 5.99. The molecule has 0 aliphatic heterocycles. The molecule has 0 amide bonds. The molecule has 102 valence electrons. The van der Waals surface area contributed by atoms with Crippen molar-refractivity contribution in [2.45, 2.75) is 13.1 Å². The molecule has 0 atom stereocenters. The largest absolute Gasteiger partial charge is 0.361 e. The fraction of sp³-hybridized carbons (Fsp3) is 0.125. The minimum absolute atomic E-state index is 0.758. The number of aromatic amines is 1. The lowest BCUT2D eigenvalue weighted by atomic mass is 10.1. The molecule has 20 heavy (non-hydrogen) atoms. The molecule has 0 unspecified atom stereocenters. The molecule has 3 rings (SSSR count). The number of hydrogen-bond acceptors (Lipinski definition) is 1. The zero-order valence-corrected chi connectivity index (χ0v) is 13.1. The van der Waals surface area contributed by atoms with Crippen LogP contribution in [0.2, 0.25) is 5.02 Å². The molecule has 0 aliphatic rings. The highest BCUT2D eigenvalue weighted by molar-refractivity contribution is 9.10. The molecule has 4 heteroatoms. The van der Waals surface area contributed by atoms with E-state index in [4.69, 9.17) is 11.6 Å². The topological polar surface area (TPSA) is 27.8 Å². The molecular weight excluding hydrogens is 336 g/mol. The highest BCUT2D eigenvalue weighted by Crippen LogP contribution is 2.22. The van der Waals surface area contributed by atoms with Crippen LogP contribution in [0.1, 0.15) is 11.1 Å². The molecule has 0 saturated carbocycles. The van der Waals surface area contributed by atoms with E-state index in [1.807, 2.05) is 18.3 Å². The van der Waals surface area contributed by atoms with Gasteiger partial charge in [-0.2, -0.15) is 0 Å². The van der Waals surface area contributed by atoms with E-state index in [9.17, 15) is 0 Å². The molecule has 0 radical (unpaired) electrons. The number of benzene rings is 2. The normalized spacial score (nSPS) is 11.1. The lowest BCUT2D eigenvalue weighted by Gasteiger charge is -2.04. The van der Waals surface area contributed by atoms with E-state index in [2.05, 4.69) is 56.6 Å². The lowest BCUT2D eigenvalue weighted by Crippen LogP contribution is -2.12. The second-order valence-corrected chi connectivity index (χ2v) is 6.09. The van der Waals surface area contributed by atoms with Crippen LogP contribution < -0.4 is 5.32 Å². The van der Waals surface area contributed by atoms with E-state index in [-0.39, 0.29) is 0 Å². The van der Waals surface area contributed by atoms with Crippen molar-refractivity contribution < 1.29 is 0 Å². The first-order chi connectivity index (χ1) is 9.72. The molecule has 2 nitrogen and oxygen atoms in total. The zero-order valence-electron chi connectivity index (χ0n) is 10.8. The second-order valence-electron chi connectivity index (χ2n) is 4.73. The first kappa shape index (κ1) is 13.7. The minimum atomic E-state index is 0.758. The number of fused-ring (bicyclic) bond motifs is 1. The van der Waals surface area contributed by atoms with Gasteiger partial charge >= 0.3 is 0 Å². The van der Waals surface area contributed by atoms with Gasteiger partial charge in [-0.15, -0.1) is 0 Å². The average molecular weight is 350 g/mol. The number of nitrogens with one attached hydrogen (secondary N) is 2. The summed E-state index contributed by atoms with van der Waals surface area (Å²) in [6, 6.07) is 14.3. The Bertz CT molecular complexity index is 719. The van der Waals surface area contributed by atoms with Gasteiger partial charge in [0.2, 0.25) is 0 Å². The molecule has 1 aromatic heterocycles. The first-order valence-electron chi connectivity index (χ1n) is 6.43. The van der Waals surface area contributed by atoms with Crippen molar-refractivity contribution in [3.63, 3.8) is 0 Å². The summed E-state index contributed by atoms with van der Waals surface area (Å²) in [7, 11) is 0.